The molecular weight excluding hydrogens is 392 g/mol. The first-order chi connectivity index (χ1) is 14.8. The predicted octanol–water partition coefficient (Wildman–Crippen LogP) is 5.03. The molecule has 4 aromatic rings. The Morgan fingerprint density at radius 3 is 2.60 bits per heavy atom. The van der Waals surface area contributed by atoms with Crippen LogP contribution in [0.3, 0.4) is 0 Å². The van der Waals surface area contributed by atoms with Gasteiger partial charge in [0.05, 0.1) is 23.9 Å². The predicted molar refractivity (Wildman–Crippen MR) is 124 cm³/mol. The highest BCUT2D eigenvalue weighted by atomic mass is 32.2. The molecule has 1 atom stereocenters. The van der Waals surface area contributed by atoms with Crippen molar-refractivity contribution in [2.24, 2.45) is 4.99 Å². The van der Waals surface area contributed by atoms with Gasteiger partial charge in [0.25, 0.3) is 0 Å². The summed E-state index contributed by atoms with van der Waals surface area (Å²) in [6, 6.07) is 26.0. The summed E-state index contributed by atoms with van der Waals surface area (Å²) in [4.78, 5) is 14.9. The van der Waals surface area contributed by atoms with Crippen LogP contribution in [0.4, 0.5) is 5.69 Å². The van der Waals surface area contributed by atoms with Gasteiger partial charge in [-0.15, -0.1) is 0 Å². The van der Waals surface area contributed by atoms with Crippen molar-refractivity contribution < 1.29 is 5.11 Å². The van der Waals surface area contributed by atoms with Gasteiger partial charge < -0.3 is 10.1 Å². The highest BCUT2D eigenvalue weighted by Crippen LogP contribution is 2.39. The Morgan fingerprint density at radius 1 is 1.03 bits per heavy atom. The lowest BCUT2D eigenvalue weighted by Gasteiger charge is -2.22. The van der Waals surface area contributed by atoms with Crippen LogP contribution in [0.25, 0.3) is 17.1 Å². The number of aliphatic hydroxyl groups is 1. The van der Waals surface area contributed by atoms with Gasteiger partial charge in [-0.2, -0.15) is 0 Å². The number of aromatic amines is 1. The quantitative estimate of drug-likeness (QED) is 0.493. The molecule has 6 heteroatoms. The number of aromatic nitrogens is 2. The molecular formula is C24H20N4OS. The zero-order valence-electron chi connectivity index (χ0n) is 16.1. The molecule has 148 valence electrons. The molecule has 0 spiro atoms. The van der Waals surface area contributed by atoms with E-state index in [1.54, 1.807) is 6.33 Å². The summed E-state index contributed by atoms with van der Waals surface area (Å²) in [5.41, 5.74) is 4.95. The van der Waals surface area contributed by atoms with Gasteiger partial charge in [0.15, 0.2) is 11.4 Å². The molecule has 0 bridgehead atoms. The normalized spacial score (nSPS) is 19.2. The minimum Gasteiger partial charge on any atom is -0.368 e. The molecule has 0 radical (unpaired) electrons. The van der Waals surface area contributed by atoms with Gasteiger partial charge in [0.2, 0.25) is 0 Å². The van der Waals surface area contributed by atoms with E-state index in [4.69, 9.17) is 4.99 Å². The smallest absolute Gasteiger partial charge is 0.171 e. The molecule has 1 unspecified atom stereocenters. The van der Waals surface area contributed by atoms with Crippen molar-refractivity contribution in [2.45, 2.75) is 12.8 Å². The summed E-state index contributed by atoms with van der Waals surface area (Å²) >= 11 is 1.50. The fraction of sp³-hybridized carbons (Fsp3) is 0.0833. The summed E-state index contributed by atoms with van der Waals surface area (Å²) in [6.45, 7) is 0.562. The van der Waals surface area contributed by atoms with Crippen molar-refractivity contribution in [3.05, 3.63) is 101 Å². The molecule has 2 N–H and O–H groups in total. The van der Waals surface area contributed by atoms with Crippen molar-refractivity contribution in [3.8, 4) is 0 Å². The van der Waals surface area contributed by atoms with Crippen LogP contribution in [0.5, 0.6) is 0 Å². The molecule has 1 aliphatic rings. The molecule has 1 fully saturated rings. The summed E-state index contributed by atoms with van der Waals surface area (Å²) < 4.78 is 0. The number of para-hydroxylation sites is 1. The monoisotopic (exact) mass is 412 g/mol. The van der Waals surface area contributed by atoms with E-state index >= 15 is 0 Å². The van der Waals surface area contributed by atoms with E-state index in [2.05, 4.69) is 22.1 Å². The lowest BCUT2D eigenvalue weighted by Crippen LogP contribution is -2.33. The first kappa shape index (κ1) is 18.7. The molecule has 5 rings (SSSR count). The number of thioether (sulfide) groups is 1. The number of anilines is 1. The van der Waals surface area contributed by atoms with Crippen LogP contribution in [-0.2, 0) is 6.54 Å². The Balaban J connectivity index is 1.50. The van der Waals surface area contributed by atoms with Gasteiger partial charge in [-0.1, -0.05) is 66.4 Å². The maximum atomic E-state index is 11.1. The van der Waals surface area contributed by atoms with Crippen LogP contribution in [0, 0.1) is 0 Å². The van der Waals surface area contributed by atoms with Crippen molar-refractivity contribution in [3.63, 3.8) is 0 Å². The zero-order valence-corrected chi connectivity index (χ0v) is 17.0. The number of nitrogens with one attached hydrogen (secondary N) is 1. The number of H-pyrrole nitrogens is 1. The summed E-state index contributed by atoms with van der Waals surface area (Å²) in [5.74, 6) is 0. The Labute approximate surface area is 178 Å². The van der Waals surface area contributed by atoms with E-state index in [1.807, 2.05) is 77.7 Å². The lowest BCUT2D eigenvalue weighted by molar-refractivity contribution is 0.233. The number of benzene rings is 3. The van der Waals surface area contributed by atoms with Gasteiger partial charge in [-0.3, -0.25) is 9.89 Å². The van der Waals surface area contributed by atoms with E-state index in [0.717, 1.165) is 37.9 Å². The minimum absolute atomic E-state index is 0.562. The third-order valence-corrected chi connectivity index (χ3v) is 6.01. The molecule has 3 aromatic carbocycles. The molecule has 30 heavy (non-hydrogen) atoms. The molecule has 0 amide bonds. The Kier molecular flexibility index (Phi) is 5.09. The van der Waals surface area contributed by atoms with E-state index in [0.29, 0.717) is 6.54 Å². The van der Waals surface area contributed by atoms with Crippen LogP contribution in [0.2, 0.25) is 0 Å². The molecule has 0 saturated carbocycles. The number of aliphatic imine (C=N–C) groups is 1. The van der Waals surface area contributed by atoms with Crippen molar-refractivity contribution >= 4 is 39.7 Å². The van der Waals surface area contributed by atoms with Crippen LogP contribution in [-0.4, -0.2) is 26.5 Å². The van der Waals surface area contributed by atoms with E-state index in [9.17, 15) is 5.11 Å². The summed E-state index contributed by atoms with van der Waals surface area (Å²) in [6.07, 6.45) is 2.91. The van der Waals surface area contributed by atoms with Crippen molar-refractivity contribution in [2.75, 3.05) is 4.90 Å². The number of rotatable bonds is 4. The Morgan fingerprint density at radius 2 is 1.80 bits per heavy atom. The Bertz CT molecular complexity index is 1220. The molecule has 0 aliphatic carbocycles. The van der Waals surface area contributed by atoms with Crippen LogP contribution >= 0.6 is 11.8 Å². The van der Waals surface area contributed by atoms with Gasteiger partial charge >= 0.3 is 0 Å². The number of aliphatic hydroxyl groups excluding tert-OH is 1. The molecule has 2 heterocycles. The third-order valence-electron chi connectivity index (χ3n) is 4.94. The number of nitrogens with zero attached hydrogens (tertiary/aromatic N) is 3. The molecule has 1 aromatic heterocycles. The zero-order chi connectivity index (χ0) is 20.3. The maximum Gasteiger partial charge on any atom is 0.171 e. The lowest BCUT2D eigenvalue weighted by atomic mass is 10.2. The second kappa shape index (κ2) is 8.18. The third kappa shape index (κ3) is 3.75. The number of fused-ring (bicyclic) bond motifs is 1. The van der Waals surface area contributed by atoms with Crippen molar-refractivity contribution in [1.82, 2.24) is 9.97 Å². The minimum atomic E-state index is -0.788. The van der Waals surface area contributed by atoms with Crippen LogP contribution in [0.15, 0.2) is 95.1 Å². The fourth-order valence-electron chi connectivity index (χ4n) is 3.44. The molecule has 1 saturated heterocycles. The molecule has 5 nitrogen and oxygen atoms in total. The van der Waals surface area contributed by atoms with E-state index < -0.39 is 6.23 Å². The van der Waals surface area contributed by atoms with Gasteiger partial charge in [0.1, 0.15) is 0 Å². The van der Waals surface area contributed by atoms with Gasteiger partial charge in [-0.05, 0) is 41.5 Å². The number of imidazole rings is 1. The van der Waals surface area contributed by atoms with E-state index in [1.165, 1.54) is 11.8 Å². The first-order valence-electron chi connectivity index (χ1n) is 9.71. The van der Waals surface area contributed by atoms with Gasteiger partial charge in [0, 0.05) is 10.6 Å². The molecule has 1 aliphatic heterocycles. The first-order valence-corrected chi connectivity index (χ1v) is 10.5. The van der Waals surface area contributed by atoms with E-state index in [-0.39, 0.29) is 0 Å². The average Bonchev–Trinajstić information content (AvgIpc) is 3.38. The SMILES string of the molecule is OC1/C(=C/c2ccc3nc[nH]c3c2)SC(=NCc2ccccc2)N1c1ccccc1. The number of amidine groups is 1. The van der Waals surface area contributed by atoms with Crippen LogP contribution < -0.4 is 4.90 Å². The second-order valence-electron chi connectivity index (χ2n) is 6.99. The maximum absolute atomic E-state index is 11.1. The standard InChI is InChI=1S/C24H20N4OS/c29-23-22(14-18-11-12-20-21(13-18)27-16-26-20)30-24(25-15-17-7-3-1-4-8-17)28(23)19-9-5-2-6-10-19/h1-14,16,23,29H,15H2,(H,26,27)/b22-14-,25-24?. The van der Waals surface area contributed by atoms with Crippen molar-refractivity contribution in [1.29, 1.82) is 0 Å². The number of hydrogen-bond acceptors (Lipinski definition) is 4. The summed E-state index contributed by atoms with van der Waals surface area (Å²) in [5, 5.41) is 11.9. The average molecular weight is 413 g/mol. The topological polar surface area (TPSA) is 64.5 Å². The fourth-order valence-corrected chi connectivity index (χ4v) is 4.49. The highest BCUT2D eigenvalue weighted by Gasteiger charge is 2.34. The van der Waals surface area contributed by atoms with Crippen LogP contribution in [0.1, 0.15) is 11.1 Å². The largest absolute Gasteiger partial charge is 0.368 e. The van der Waals surface area contributed by atoms with Gasteiger partial charge in [-0.25, -0.2) is 4.98 Å². The highest BCUT2D eigenvalue weighted by molar-refractivity contribution is 8.18. The summed E-state index contributed by atoms with van der Waals surface area (Å²) in [7, 11) is 0. The Hall–Kier alpha value is -3.35. The second-order valence-corrected chi connectivity index (χ2v) is 8.03. The number of hydrogen-bond donors (Lipinski definition) is 2.